The van der Waals surface area contributed by atoms with Gasteiger partial charge in [-0.1, -0.05) is 19.1 Å². The van der Waals surface area contributed by atoms with E-state index in [4.69, 9.17) is 5.11 Å². The highest BCUT2D eigenvalue weighted by Gasteiger charge is 2.30. The zero-order chi connectivity index (χ0) is 17.8. The average molecular weight is 333 g/mol. The molecule has 0 aliphatic carbocycles. The summed E-state index contributed by atoms with van der Waals surface area (Å²) in [5, 5.41) is 20.4. The van der Waals surface area contributed by atoms with Gasteiger partial charge in [-0.15, -0.1) is 0 Å². The van der Waals surface area contributed by atoms with E-state index in [-0.39, 0.29) is 6.42 Å². The largest absolute Gasteiger partial charge is 0.480 e. The van der Waals surface area contributed by atoms with E-state index in [9.17, 15) is 27.9 Å². The fourth-order valence-corrected chi connectivity index (χ4v) is 1.96. The van der Waals surface area contributed by atoms with Gasteiger partial charge in [0.15, 0.2) is 6.04 Å². The molecule has 1 amide bonds. The van der Waals surface area contributed by atoms with Crippen molar-refractivity contribution in [2.45, 2.75) is 38.6 Å². The molecule has 1 aromatic carbocycles. The lowest BCUT2D eigenvalue weighted by molar-refractivity contribution is -0.145. The van der Waals surface area contributed by atoms with Crippen LogP contribution in [0.1, 0.15) is 25.0 Å². The zero-order valence-corrected chi connectivity index (χ0v) is 12.6. The van der Waals surface area contributed by atoms with Crippen LogP contribution in [0, 0.1) is 5.92 Å². The second-order valence-corrected chi connectivity index (χ2v) is 5.36. The second kappa shape index (κ2) is 7.45. The Morgan fingerprint density at radius 2 is 1.70 bits per heavy atom. The Bertz CT molecular complexity index is 555. The maximum absolute atomic E-state index is 12.5. The Hall–Kier alpha value is -2.09. The van der Waals surface area contributed by atoms with E-state index in [1.807, 2.05) is 0 Å². The van der Waals surface area contributed by atoms with Crippen LogP contribution in [0.3, 0.4) is 0 Å². The van der Waals surface area contributed by atoms with Gasteiger partial charge in [-0.3, -0.25) is 4.79 Å². The Morgan fingerprint density at radius 3 is 2.09 bits per heavy atom. The van der Waals surface area contributed by atoms with Crippen LogP contribution in [0.25, 0.3) is 0 Å². The van der Waals surface area contributed by atoms with Crippen LogP contribution in [-0.4, -0.2) is 34.2 Å². The molecule has 0 heterocycles. The van der Waals surface area contributed by atoms with E-state index in [1.165, 1.54) is 26.0 Å². The number of hydrogen-bond donors (Lipinski definition) is 3. The number of carbonyl (C=O) groups is 2. The van der Waals surface area contributed by atoms with E-state index in [0.29, 0.717) is 5.56 Å². The van der Waals surface area contributed by atoms with E-state index >= 15 is 0 Å². The number of amides is 1. The Morgan fingerprint density at radius 1 is 1.17 bits per heavy atom. The summed E-state index contributed by atoms with van der Waals surface area (Å²) in [4.78, 5) is 22.8. The Labute approximate surface area is 131 Å². The lowest BCUT2D eigenvalue weighted by Gasteiger charge is -2.20. The lowest BCUT2D eigenvalue weighted by atomic mass is 9.98. The van der Waals surface area contributed by atoms with Gasteiger partial charge in [-0.2, -0.15) is 13.2 Å². The Balaban J connectivity index is 2.70. The number of aliphatic hydroxyl groups is 1. The number of carboxylic acids is 1. The predicted molar refractivity (Wildman–Crippen MR) is 75.6 cm³/mol. The summed E-state index contributed by atoms with van der Waals surface area (Å²) >= 11 is 0. The highest BCUT2D eigenvalue weighted by atomic mass is 19.4. The number of alkyl halides is 3. The summed E-state index contributed by atoms with van der Waals surface area (Å²) in [5.41, 5.74) is -0.261. The first-order valence-corrected chi connectivity index (χ1v) is 6.89. The van der Waals surface area contributed by atoms with Crippen molar-refractivity contribution < 1.29 is 33.0 Å². The molecule has 128 valence electrons. The third-order valence-electron chi connectivity index (χ3n) is 3.32. The van der Waals surface area contributed by atoms with Crippen molar-refractivity contribution in [1.82, 2.24) is 5.32 Å². The van der Waals surface area contributed by atoms with Crippen molar-refractivity contribution >= 4 is 11.9 Å². The minimum atomic E-state index is -4.42. The van der Waals surface area contributed by atoms with E-state index in [2.05, 4.69) is 5.32 Å². The molecule has 0 radical (unpaired) electrons. The molecular weight excluding hydrogens is 315 g/mol. The molecule has 3 N–H and O–H groups in total. The number of carboxylic acid groups (broad SMARTS) is 1. The first kappa shape index (κ1) is 19.0. The SMILES string of the molecule is CC(Cc1ccc(C(F)(F)F)cc1)C(=O)NC(C(=O)O)C(C)O. The standard InChI is InChI=1S/C15H18F3NO4/c1-8(13(21)19-12(9(2)20)14(22)23)7-10-3-5-11(6-4-10)15(16,17)18/h3-6,8-9,12,20H,7H2,1-2H3,(H,19,21)(H,22,23). The van der Waals surface area contributed by atoms with Gasteiger partial charge >= 0.3 is 12.1 Å². The lowest BCUT2D eigenvalue weighted by Crippen LogP contribution is -2.49. The summed E-state index contributed by atoms with van der Waals surface area (Å²) in [7, 11) is 0. The number of aliphatic hydroxyl groups excluding tert-OH is 1. The van der Waals surface area contributed by atoms with Gasteiger partial charge in [0.2, 0.25) is 5.91 Å². The van der Waals surface area contributed by atoms with Gasteiger partial charge in [0, 0.05) is 5.92 Å². The number of carbonyl (C=O) groups excluding carboxylic acids is 1. The Kier molecular flexibility index (Phi) is 6.14. The number of hydrogen-bond acceptors (Lipinski definition) is 3. The highest BCUT2D eigenvalue weighted by Crippen LogP contribution is 2.29. The summed E-state index contributed by atoms with van der Waals surface area (Å²) < 4.78 is 37.4. The van der Waals surface area contributed by atoms with Crippen molar-refractivity contribution in [2.75, 3.05) is 0 Å². The van der Waals surface area contributed by atoms with Crippen LogP contribution >= 0.6 is 0 Å². The number of aliphatic carboxylic acids is 1. The smallest absolute Gasteiger partial charge is 0.416 e. The van der Waals surface area contributed by atoms with Crippen LogP contribution in [0.2, 0.25) is 0 Å². The molecule has 0 spiro atoms. The second-order valence-electron chi connectivity index (χ2n) is 5.36. The molecule has 3 atom stereocenters. The normalized spacial score (nSPS) is 15.6. The molecular formula is C15H18F3NO4. The summed E-state index contributed by atoms with van der Waals surface area (Å²) in [5.74, 6) is -2.62. The molecule has 5 nitrogen and oxygen atoms in total. The van der Waals surface area contributed by atoms with Crippen LogP contribution in [-0.2, 0) is 22.2 Å². The molecule has 0 bridgehead atoms. The maximum atomic E-state index is 12.5. The minimum absolute atomic E-state index is 0.149. The van der Waals surface area contributed by atoms with Gasteiger partial charge in [0.1, 0.15) is 0 Å². The molecule has 0 aliphatic heterocycles. The number of halogens is 3. The van der Waals surface area contributed by atoms with Crippen LogP contribution in [0.15, 0.2) is 24.3 Å². The third-order valence-corrected chi connectivity index (χ3v) is 3.32. The van der Waals surface area contributed by atoms with Gasteiger partial charge in [-0.05, 0) is 31.0 Å². The first-order chi connectivity index (χ1) is 10.5. The zero-order valence-electron chi connectivity index (χ0n) is 12.6. The average Bonchev–Trinajstić information content (AvgIpc) is 2.43. The van der Waals surface area contributed by atoms with Crippen LogP contribution < -0.4 is 5.32 Å². The number of rotatable bonds is 6. The van der Waals surface area contributed by atoms with Crippen molar-refractivity contribution in [1.29, 1.82) is 0 Å². The molecule has 3 unspecified atom stereocenters. The first-order valence-electron chi connectivity index (χ1n) is 6.89. The number of benzene rings is 1. The topological polar surface area (TPSA) is 86.6 Å². The number of nitrogens with one attached hydrogen (secondary N) is 1. The third kappa shape index (κ3) is 5.55. The summed E-state index contributed by atoms with van der Waals surface area (Å²) in [6.07, 6.45) is -5.54. The molecule has 23 heavy (non-hydrogen) atoms. The molecule has 0 saturated carbocycles. The maximum Gasteiger partial charge on any atom is 0.416 e. The summed E-state index contributed by atoms with van der Waals surface area (Å²) in [6, 6.07) is 2.97. The fraction of sp³-hybridized carbons (Fsp3) is 0.467. The molecule has 0 fully saturated rings. The molecule has 0 aliphatic rings. The molecule has 0 saturated heterocycles. The molecule has 1 aromatic rings. The van der Waals surface area contributed by atoms with Crippen molar-refractivity contribution in [3.63, 3.8) is 0 Å². The van der Waals surface area contributed by atoms with Crippen molar-refractivity contribution in [2.24, 2.45) is 5.92 Å². The van der Waals surface area contributed by atoms with E-state index < -0.39 is 41.7 Å². The van der Waals surface area contributed by atoms with E-state index in [1.54, 1.807) is 0 Å². The highest BCUT2D eigenvalue weighted by molar-refractivity contribution is 5.85. The fourth-order valence-electron chi connectivity index (χ4n) is 1.96. The van der Waals surface area contributed by atoms with Gasteiger partial charge in [0.05, 0.1) is 11.7 Å². The van der Waals surface area contributed by atoms with E-state index in [0.717, 1.165) is 12.1 Å². The molecule has 8 heteroatoms. The monoisotopic (exact) mass is 333 g/mol. The van der Waals surface area contributed by atoms with Gasteiger partial charge < -0.3 is 15.5 Å². The van der Waals surface area contributed by atoms with Crippen LogP contribution in [0.5, 0.6) is 0 Å². The van der Waals surface area contributed by atoms with Crippen molar-refractivity contribution in [3.05, 3.63) is 35.4 Å². The van der Waals surface area contributed by atoms with Gasteiger partial charge in [0.25, 0.3) is 0 Å². The predicted octanol–water partition coefficient (Wildman–Crippen LogP) is 1.83. The summed E-state index contributed by atoms with van der Waals surface area (Å²) in [6.45, 7) is 2.76. The minimum Gasteiger partial charge on any atom is -0.480 e. The quantitative estimate of drug-likeness (QED) is 0.741. The van der Waals surface area contributed by atoms with Crippen LogP contribution in [0.4, 0.5) is 13.2 Å². The molecule has 1 rings (SSSR count). The van der Waals surface area contributed by atoms with Gasteiger partial charge in [-0.25, -0.2) is 4.79 Å². The van der Waals surface area contributed by atoms with Crippen molar-refractivity contribution in [3.8, 4) is 0 Å². The molecule has 0 aromatic heterocycles.